The number of rotatable bonds is 7. The highest BCUT2D eigenvalue weighted by atomic mass is 35.5. The van der Waals surface area contributed by atoms with Gasteiger partial charge in [-0.2, -0.15) is 13.2 Å². The SMILES string of the molecule is COc1ccccc1OCCNS(=O)(=O)c1ccc(Cl)cc1C(F)(F)F. The Labute approximate surface area is 153 Å². The molecule has 26 heavy (non-hydrogen) atoms. The topological polar surface area (TPSA) is 64.6 Å². The molecule has 0 amide bonds. The zero-order chi connectivity index (χ0) is 19.4. The van der Waals surface area contributed by atoms with Crippen molar-refractivity contribution in [2.24, 2.45) is 0 Å². The van der Waals surface area contributed by atoms with Crippen molar-refractivity contribution in [1.82, 2.24) is 4.72 Å². The van der Waals surface area contributed by atoms with Crippen LogP contribution in [0.3, 0.4) is 0 Å². The Morgan fingerprint density at radius 1 is 1.12 bits per heavy atom. The Balaban J connectivity index is 2.08. The molecule has 0 heterocycles. The molecule has 0 bridgehead atoms. The summed E-state index contributed by atoms with van der Waals surface area (Å²) in [5, 5.41) is -0.212. The van der Waals surface area contributed by atoms with E-state index in [1.165, 1.54) is 7.11 Å². The van der Waals surface area contributed by atoms with Crippen LogP contribution in [-0.2, 0) is 16.2 Å². The van der Waals surface area contributed by atoms with E-state index in [4.69, 9.17) is 21.1 Å². The third-order valence-electron chi connectivity index (χ3n) is 3.26. The molecule has 0 atom stereocenters. The third-order valence-corrected chi connectivity index (χ3v) is 5.01. The maximum absolute atomic E-state index is 13.1. The Morgan fingerprint density at radius 3 is 2.38 bits per heavy atom. The Kier molecular flexibility index (Phi) is 6.38. The average molecular weight is 410 g/mol. The lowest BCUT2D eigenvalue weighted by Gasteiger charge is -2.15. The van der Waals surface area contributed by atoms with E-state index in [-0.39, 0.29) is 18.2 Å². The highest BCUT2D eigenvalue weighted by Crippen LogP contribution is 2.35. The largest absolute Gasteiger partial charge is 0.493 e. The molecule has 0 unspecified atom stereocenters. The van der Waals surface area contributed by atoms with Gasteiger partial charge in [0.25, 0.3) is 0 Å². The lowest BCUT2D eigenvalue weighted by atomic mass is 10.2. The van der Waals surface area contributed by atoms with Gasteiger partial charge in [0, 0.05) is 11.6 Å². The molecule has 0 aliphatic rings. The standard InChI is InChI=1S/C16H15ClF3NO4S/c1-24-13-4-2-3-5-14(13)25-9-8-21-26(22,23)15-7-6-11(17)10-12(15)16(18,19)20/h2-7,10,21H,8-9H2,1H3. The summed E-state index contributed by atoms with van der Waals surface area (Å²) in [6.45, 7) is -0.338. The number of hydrogen-bond acceptors (Lipinski definition) is 4. The molecule has 142 valence electrons. The van der Waals surface area contributed by atoms with Crippen LogP contribution in [0.1, 0.15) is 5.56 Å². The summed E-state index contributed by atoms with van der Waals surface area (Å²) in [6.07, 6.45) is -4.86. The minimum absolute atomic E-state index is 0.103. The smallest absolute Gasteiger partial charge is 0.417 e. The predicted molar refractivity (Wildman–Crippen MR) is 90.1 cm³/mol. The van der Waals surface area contributed by atoms with Gasteiger partial charge in [0.2, 0.25) is 10.0 Å². The lowest BCUT2D eigenvalue weighted by molar-refractivity contribution is -0.139. The second-order valence-electron chi connectivity index (χ2n) is 5.04. The zero-order valence-electron chi connectivity index (χ0n) is 13.5. The summed E-state index contributed by atoms with van der Waals surface area (Å²) in [7, 11) is -2.95. The summed E-state index contributed by atoms with van der Waals surface area (Å²) in [5.74, 6) is 0.837. The van der Waals surface area contributed by atoms with E-state index in [0.29, 0.717) is 17.6 Å². The molecule has 0 aliphatic carbocycles. The fourth-order valence-electron chi connectivity index (χ4n) is 2.11. The van der Waals surface area contributed by atoms with Crippen molar-refractivity contribution in [3.8, 4) is 11.5 Å². The van der Waals surface area contributed by atoms with Crippen LogP contribution in [-0.4, -0.2) is 28.7 Å². The van der Waals surface area contributed by atoms with Crippen LogP contribution in [0.5, 0.6) is 11.5 Å². The number of methoxy groups -OCH3 is 1. The number of halogens is 4. The van der Waals surface area contributed by atoms with Gasteiger partial charge in [-0.3, -0.25) is 0 Å². The number of ether oxygens (including phenoxy) is 2. The zero-order valence-corrected chi connectivity index (χ0v) is 15.1. The van der Waals surface area contributed by atoms with Crippen molar-refractivity contribution < 1.29 is 31.1 Å². The van der Waals surface area contributed by atoms with Gasteiger partial charge in [0.05, 0.1) is 17.6 Å². The van der Waals surface area contributed by atoms with Gasteiger partial charge in [-0.25, -0.2) is 13.1 Å². The van der Waals surface area contributed by atoms with E-state index < -0.39 is 26.7 Å². The fraction of sp³-hybridized carbons (Fsp3) is 0.250. The minimum Gasteiger partial charge on any atom is -0.493 e. The molecule has 5 nitrogen and oxygen atoms in total. The summed E-state index contributed by atoms with van der Waals surface area (Å²) < 4.78 is 76.1. The van der Waals surface area contributed by atoms with Crippen molar-refractivity contribution in [3.63, 3.8) is 0 Å². The molecule has 2 rings (SSSR count). The number of alkyl halides is 3. The molecule has 0 saturated heterocycles. The third kappa shape index (κ3) is 5.03. The molecule has 0 aromatic heterocycles. The molecule has 1 N–H and O–H groups in total. The molecule has 2 aromatic carbocycles. The maximum Gasteiger partial charge on any atom is 0.417 e. The first-order chi connectivity index (χ1) is 12.1. The van der Waals surface area contributed by atoms with Gasteiger partial charge in [0.1, 0.15) is 6.61 Å². The second kappa shape index (κ2) is 8.15. The summed E-state index contributed by atoms with van der Waals surface area (Å²) in [4.78, 5) is -0.897. The van der Waals surface area contributed by atoms with Crippen LogP contribution < -0.4 is 14.2 Å². The highest BCUT2D eigenvalue weighted by molar-refractivity contribution is 7.89. The second-order valence-corrected chi connectivity index (χ2v) is 7.21. The Hall–Kier alpha value is -1.97. The molecule has 0 fully saturated rings. The normalized spacial score (nSPS) is 12.0. The van der Waals surface area contributed by atoms with Crippen molar-refractivity contribution in [1.29, 1.82) is 0 Å². The molecular formula is C16H15ClF3NO4S. The highest BCUT2D eigenvalue weighted by Gasteiger charge is 2.37. The van der Waals surface area contributed by atoms with Gasteiger partial charge >= 0.3 is 6.18 Å². The van der Waals surface area contributed by atoms with Crippen LogP contribution in [0.4, 0.5) is 13.2 Å². The average Bonchev–Trinajstić information content (AvgIpc) is 2.58. The Morgan fingerprint density at radius 2 is 1.77 bits per heavy atom. The predicted octanol–water partition coefficient (Wildman–Crippen LogP) is 3.72. The fourth-order valence-corrected chi connectivity index (χ4v) is 3.50. The quantitative estimate of drug-likeness (QED) is 0.708. The van der Waals surface area contributed by atoms with Gasteiger partial charge < -0.3 is 9.47 Å². The first kappa shape index (κ1) is 20.3. The molecule has 0 saturated carbocycles. The van der Waals surface area contributed by atoms with E-state index in [1.807, 2.05) is 0 Å². The molecule has 2 aromatic rings. The number of hydrogen-bond donors (Lipinski definition) is 1. The lowest BCUT2D eigenvalue weighted by Crippen LogP contribution is -2.30. The van der Waals surface area contributed by atoms with Crippen molar-refractivity contribution in [3.05, 3.63) is 53.1 Å². The van der Waals surface area contributed by atoms with Gasteiger partial charge in [-0.05, 0) is 30.3 Å². The van der Waals surface area contributed by atoms with Crippen LogP contribution in [0.25, 0.3) is 0 Å². The van der Waals surface area contributed by atoms with Gasteiger partial charge in [0.15, 0.2) is 11.5 Å². The van der Waals surface area contributed by atoms with Crippen LogP contribution in [0, 0.1) is 0 Å². The number of sulfonamides is 1. The summed E-state index contributed by atoms with van der Waals surface area (Å²) >= 11 is 5.55. The van der Waals surface area contributed by atoms with Crippen molar-refractivity contribution in [2.75, 3.05) is 20.3 Å². The van der Waals surface area contributed by atoms with Gasteiger partial charge in [-0.15, -0.1) is 0 Å². The molecule has 10 heteroatoms. The first-order valence-electron chi connectivity index (χ1n) is 7.27. The van der Waals surface area contributed by atoms with E-state index in [2.05, 4.69) is 4.72 Å². The maximum atomic E-state index is 13.1. The van der Waals surface area contributed by atoms with E-state index >= 15 is 0 Å². The number of para-hydroxylation sites is 2. The van der Waals surface area contributed by atoms with Gasteiger partial charge in [-0.1, -0.05) is 23.7 Å². The van der Waals surface area contributed by atoms with Crippen LogP contribution >= 0.6 is 11.6 Å². The van der Waals surface area contributed by atoms with Crippen LogP contribution in [0.15, 0.2) is 47.4 Å². The first-order valence-corrected chi connectivity index (χ1v) is 9.13. The molecule has 0 spiro atoms. The monoisotopic (exact) mass is 409 g/mol. The molecule has 0 aliphatic heterocycles. The summed E-state index contributed by atoms with van der Waals surface area (Å²) in [5.41, 5.74) is -1.33. The van der Waals surface area contributed by atoms with E-state index in [1.54, 1.807) is 24.3 Å². The van der Waals surface area contributed by atoms with Crippen molar-refractivity contribution >= 4 is 21.6 Å². The number of benzene rings is 2. The van der Waals surface area contributed by atoms with E-state index in [0.717, 1.165) is 12.1 Å². The Bertz CT molecular complexity index is 872. The van der Waals surface area contributed by atoms with E-state index in [9.17, 15) is 21.6 Å². The minimum atomic E-state index is -4.86. The molecular weight excluding hydrogens is 395 g/mol. The molecule has 0 radical (unpaired) electrons. The van der Waals surface area contributed by atoms with Crippen molar-refractivity contribution in [2.45, 2.75) is 11.1 Å². The summed E-state index contributed by atoms with van der Waals surface area (Å²) in [6, 6.07) is 9.17. The van der Waals surface area contributed by atoms with Crippen LogP contribution in [0.2, 0.25) is 5.02 Å². The number of nitrogens with one attached hydrogen (secondary N) is 1.